The van der Waals surface area contributed by atoms with Crippen LogP contribution in [0.1, 0.15) is 31.1 Å². The van der Waals surface area contributed by atoms with E-state index in [1.165, 1.54) is 4.90 Å². The maximum absolute atomic E-state index is 12.1. The molecule has 0 saturated carbocycles. The first-order chi connectivity index (χ1) is 10.3. The summed E-state index contributed by atoms with van der Waals surface area (Å²) in [4.78, 5) is 25.6. The molecule has 0 heterocycles. The van der Waals surface area contributed by atoms with Gasteiger partial charge >= 0.3 is 0 Å². The van der Waals surface area contributed by atoms with Gasteiger partial charge in [0.2, 0.25) is 5.91 Å². The summed E-state index contributed by atoms with van der Waals surface area (Å²) in [5, 5.41) is 2.80. The lowest BCUT2D eigenvalue weighted by atomic mass is 10.0. The Balaban J connectivity index is 3.04. The van der Waals surface area contributed by atoms with Crippen molar-refractivity contribution in [3.63, 3.8) is 0 Å². The van der Waals surface area contributed by atoms with Crippen LogP contribution in [0.3, 0.4) is 0 Å². The number of nitrogens with one attached hydrogen (secondary N) is 1. The van der Waals surface area contributed by atoms with Crippen molar-refractivity contribution in [2.24, 2.45) is 11.7 Å². The van der Waals surface area contributed by atoms with Crippen molar-refractivity contribution in [1.82, 2.24) is 4.90 Å². The number of nitrogens with two attached hydrogens (primary N) is 1. The van der Waals surface area contributed by atoms with E-state index in [-0.39, 0.29) is 23.8 Å². The molecule has 0 radical (unpaired) electrons. The van der Waals surface area contributed by atoms with Crippen molar-refractivity contribution in [3.05, 3.63) is 23.8 Å². The first-order valence-corrected chi connectivity index (χ1v) is 7.32. The first-order valence-electron chi connectivity index (χ1n) is 7.32. The lowest BCUT2D eigenvalue weighted by molar-refractivity contribution is -0.119. The molecule has 1 aromatic carbocycles. The fourth-order valence-corrected chi connectivity index (χ4v) is 1.78. The zero-order valence-corrected chi connectivity index (χ0v) is 13.8. The number of anilines is 1. The number of hydrogen-bond donors (Lipinski definition) is 2. The van der Waals surface area contributed by atoms with Crippen LogP contribution >= 0.6 is 0 Å². The van der Waals surface area contributed by atoms with Crippen molar-refractivity contribution < 1.29 is 14.3 Å². The van der Waals surface area contributed by atoms with Gasteiger partial charge in [-0.15, -0.1) is 0 Å². The van der Waals surface area contributed by atoms with Gasteiger partial charge < -0.3 is 20.7 Å². The van der Waals surface area contributed by atoms with E-state index in [0.29, 0.717) is 23.6 Å². The molecule has 2 atom stereocenters. The Bertz CT molecular complexity index is 541. The fraction of sp³-hybridized carbons (Fsp3) is 0.500. The van der Waals surface area contributed by atoms with Crippen LogP contribution in [0.25, 0.3) is 0 Å². The predicted octanol–water partition coefficient (Wildman–Crippen LogP) is 1.71. The van der Waals surface area contributed by atoms with Crippen LogP contribution in [0.2, 0.25) is 0 Å². The van der Waals surface area contributed by atoms with E-state index in [1.54, 1.807) is 46.1 Å². The van der Waals surface area contributed by atoms with Gasteiger partial charge in [0, 0.05) is 25.7 Å². The van der Waals surface area contributed by atoms with Gasteiger partial charge in [0.05, 0.1) is 18.2 Å². The molecular weight excluding hydrogens is 282 g/mol. The maximum Gasteiger partial charge on any atom is 0.253 e. The minimum absolute atomic E-state index is 0.122. The molecule has 2 unspecified atom stereocenters. The monoisotopic (exact) mass is 307 g/mol. The molecule has 22 heavy (non-hydrogen) atoms. The van der Waals surface area contributed by atoms with Gasteiger partial charge in [0.1, 0.15) is 5.75 Å². The smallest absolute Gasteiger partial charge is 0.253 e. The Morgan fingerprint density at radius 3 is 2.45 bits per heavy atom. The van der Waals surface area contributed by atoms with Crippen molar-refractivity contribution >= 4 is 17.5 Å². The number of carbonyl (C=O) groups is 2. The Kier molecular flexibility index (Phi) is 6.37. The van der Waals surface area contributed by atoms with Crippen LogP contribution in [0.15, 0.2) is 18.2 Å². The third kappa shape index (κ3) is 4.46. The third-order valence-corrected chi connectivity index (χ3v) is 3.39. The molecule has 0 aromatic heterocycles. The number of ether oxygens (including phenoxy) is 1. The molecule has 0 aliphatic carbocycles. The Labute approximate surface area is 131 Å². The second-order valence-electron chi connectivity index (χ2n) is 5.48. The van der Waals surface area contributed by atoms with Crippen LogP contribution in [0, 0.1) is 5.92 Å². The average molecular weight is 307 g/mol. The average Bonchev–Trinajstić information content (AvgIpc) is 2.47. The highest BCUT2D eigenvalue weighted by Crippen LogP contribution is 2.27. The van der Waals surface area contributed by atoms with Crippen LogP contribution in [-0.4, -0.2) is 43.5 Å². The van der Waals surface area contributed by atoms with Crippen molar-refractivity contribution in [1.29, 1.82) is 0 Å². The Morgan fingerprint density at radius 1 is 1.32 bits per heavy atom. The van der Waals surface area contributed by atoms with Crippen LogP contribution in [0.5, 0.6) is 5.75 Å². The molecule has 1 rings (SSSR count). The van der Waals surface area contributed by atoms with Gasteiger partial charge in [0.15, 0.2) is 0 Å². The number of rotatable bonds is 6. The molecule has 0 spiro atoms. The molecule has 122 valence electrons. The molecule has 2 amide bonds. The molecule has 1 aromatic rings. The van der Waals surface area contributed by atoms with Crippen LogP contribution in [0.4, 0.5) is 5.69 Å². The highest BCUT2D eigenvalue weighted by atomic mass is 16.5. The predicted molar refractivity (Wildman–Crippen MR) is 87.1 cm³/mol. The summed E-state index contributed by atoms with van der Waals surface area (Å²) in [7, 11) is 3.37. The normalized spacial score (nSPS) is 13.2. The molecular formula is C16H25N3O3. The van der Waals surface area contributed by atoms with Gasteiger partial charge in [-0.1, -0.05) is 6.92 Å². The third-order valence-electron chi connectivity index (χ3n) is 3.39. The molecule has 3 N–H and O–H groups in total. The zero-order chi connectivity index (χ0) is 16.9. The quantitative estimate of drug-likeness (QED) is 0.838. The number of amides is 2. The summed E-state index contributed by atoms with van der Waals surface area (Å²) >= 11 is 0. The highest BCUT2D eigenvalue weighted by Gasteiger charge is 2.19. The van der Waals surface area contributed by atoms with Crippen LogP contribution in [-0.2, 0) is 4.79 Å². The van der Waals surface area contributed by atoms with E-state index in [0.717, 1.165) is 0 Å². The van der Waals surface area contributed by atoms with E-state index >= 15 is 0 Å². The highest BCUT2D eigenvalue weighted by molar-refractivity contribution is 5.97. The van der Waals surface area contributed by atoms with E-state index in [9.17, 15) is 9.59 Å². The minimum Gasteiger partial charge on any atom is -0.492 e. The van der Waals surface area contributed by atoms with Crippen molar-refractivity contribution in [2.75, 3.05) is 26.0 Å². The molecule has 0 fully saturated rings. The summed E-state index contributed by atoms with van der Waals surface area (Å²) in [5.41, 5.74) is 6.79. The molecule has 0 aliphatic rings. The maximum atomic E-state index is 12.1. The summed E-state index contributed by atoms with van der Waals surface area (Å²) < 4.78 is 5.53. The van der Waals surface area contributed by atoms with E-state index < -0.39 is 0 Å². The van der Waals surface area contributed by atoms with E-state index in [1.807, 2.05) is 6.92 Å². The summed E-state index contributed by atoms with van der Waals surface area (Å²) in [6.07, 6.45) is 0. The first kappa shape index (κ1) is 18.0. The lowest BCUT2D eigenvalue weighted by Gasteiger charge is -2.18. The van der Waals surface area contributed by atoms with E-state index in [2.05, 4.69) is 5.32 Å². The number of nitrogens with zero attached hydrogens (tertiary/aromatic N) is 1. The fourth-order valence-electron chi connectivity index (χ4n) is 1.78. The van der Waals surface area contributed by atoms with Crippen molar-refractivity contribution in [2.45, 2.75) is 26.8 Å². The lowest BCUT2D eigenvalue weighted by Crippen LogP contribution is -2.34. The van der Waals surface area contributed by atoms with E-state index in [4.69, 9.17) is 10.5 Å². The molecule has 0 bridgehead atoms. The SMILES string of the molecule is CCOc1cc(C(=O)N(C)C)ccc1NC(=O)C(C)C(C)N. The molecule has 6 nitrogen and oxygen atoms in total. The van der Waals surface area contributed by atoms with Gasteiger partial charge in [-0.3, -0.25) is 9.59 Å². The van der Waals surface area contributed by atoms with Crippen molar-refractivity contribution in [3.8, 4) is 5.75 Å². The van der Waals surface area contributed by atoms with Gasteiger partial charge in [-0.25, -0.2) is 0 Å². The summed E-state index contributed by atoms with van der Waals surface area (Å²) in [6, 6.07) is 4.73. The largest absolute Gasteiger partial charge is 0.492 e. The second kappa shape index (κ2) is 7.79. The Hall–Kier alpha value is -2.08. The second-order valence-corrected chi connectivity index (χ2v) is 5.48. The molecule has 0 saturated heterocycles. The zero-order valence-electron chi connectivity index (χ0n) is 13.8. The summed E-state index contributed by atoms with van der Waals surface area (Å²) in [6.45, 7) is 5.83. The summed E-state index contributed by atoms with van der Waals surface area (Å²) in [5.74, 6) is -0.150. The minimum atomic E-state index is -0.322. The number of benzene rings is 1. The van der Waals surface area contributed by atoms with Gasteiger partial charge in [-0.05, 0) is 32.0 Å². The topological polar surface area (TPSA) is 84.7 Å². The standard InChI is InChI=1S/C16H25N3O3/c1-6-22-14-9-12(16(21)19(4)5)7-8-13(14)18-15(20)10(2)11(3)17/h7-11H,6,17H2,1-5H3,(H,18,20). The molecule has 0 aliphatic heterocycles. The van der Waals surface area contributed by atoms with Gasteiger partial charge in [-0.2, -0.15) is 0 Å². The van der Waals surface area contributed by atoms with Gasteiger partial charge in [0.25, 0.3) is 5.91 Å². The number of hydrogen-bond acceptors (Lipinski definition) is 4. The Morgan fingerprint density at radius 2 is 1.95 bits per heavy atom. The van der Waals surface area contributed by atoms with Crippen LogP contribution < -0.4 is 15.8 Å². The number of carbonyl (C=O) groups excluding carboxylic acids is 2. The molecule has 6 heteroatoms.